The Bertz CT molecular complexity index is 434. The maximum absolute atomic E-state index is 11.2. The van der Waals surface area contributed by atoms with E-state index >= 15 is 0 Å². The van der Waals surface area contributed by atoms with Crippen LogP contribution in [0.5, 0.6) is 0 Å². The maximum Gasteiger partial charge on any atom is 0.238 e. The molecule has 1 aromatic carbocycles. The largest absolute Gasteiger partial charge is 0.325 e. The minimum absolute atomic E-state index is 0.102. The molecule has 0 saturated heterocycles. The molecule has 0 saturated carbocycles. The van der Waals surface area contributed by atoms with Gasteiger partial charge in [0.25, 0.3) is 0 Å². The van der Waals surface area contributed by atoms with Crippen molar-refractivity contribution in [2.45, 2.75) is 19.5 Å². The van der Waals surface area contributed by atoms with Crippen LogP contribution < -0.4 is 10.6 Å². The lowest BCUT2D eigenvalue weighted by molar-refractivity contribution is -0.115. The Morgan fingerprint density at radius 2 is 2.27 bits per heavy atom. The molecule has 0 aliphatic carbocycles. The van der Waals surface area contributed by atoms with Gasteiger partial charge in [-0.05, 0) is 23.3 Å². The number of carbonyl (C=O) groups excluding carboxylic acids is 1. The van der Waals surface area contributed by atoms with Gasteiger partial charge in [0.1, 0.15) is 6.42 Å². The Labute approximate surface area is 87.9 Å². The molecule has 1 aliphatic heterocycles. The molecule has 0 unspecified atom stereocenters. The Balaban J connectivity index is 2.11. The van der Waals surface area contributed by atoms with Gasteiger partial charge in [-0.25, -0.2) is 0 Å². The molecule has 2 rings (SSSR count). The van der Waals surface area contributed by atoms with E-state index in [1.807, 2.05) is 24.3 Å². The number of amides is 1. The van der Waals surface area contributed by atoms with Gasteiger partial charge in [-0.3, -0.25) is 4.79 Å². The number of nitriles is 1. The monoisotopic (exact) mass is 201 g/mol. The van der Waals surface area contributed by atoms with Crippen molar-refractivity contribution >= 4 is 11.6 Å². The molecule has 2 N–H and O–H groups in total. The number of rotatable bonds is 2. The average molecular weight is 201 g/mol. The van der Waals surface area contributed by atoms with E-state index in [1.54, 1.807) is 0 Å². The number of hydrogen-bond donors (Lipinski definition) is 2. The Morgan fingerprint density at radius 3 is 3.07 bits per heavy atom. The molecule has 4 heteroatoms. The van der Waals surface area contributed by atoms with E-state index in [9.17, 15) is 4.79 Å². The van der Waals surface area contributed by atoms with Gasteiger partial charge in [0.15, 0.2) is 0 Å². The molecule has 1 amide bonds. The lowest BCUT2D eigenvalue weighted by Gasteiger charge is -2.04. The molecule has 76 valence electrons. The van der Waals surface area contributed by atoms with Crippen LogP contribution in [0.1, 0.15) is 17.5 Å². The molecule has 0 fully saturated rings. The average Bonchev–Trinajstić information content (AvgIpc) is 2.65. The molecular formula is C11H11N3O. The smallest absolute Gasteiger partial charge is 0.238 e. The third-order valence-electron chi connectivity index (χ3n) is 2.36. The first kappa shape index (κ1) is 9.69. The highest BCUT2D eigenvalue weighted by Gasteiger charge is 2.10. The minimum Gasteiger partial charge on any atom is -0.325 e. The Kier molecular flexibility index (Phi) is 2.66. The molecule has 1 aliphatic rings. The number of benzene rings is 1. The second-order valence-corrected chi connectivity index (χ2v) is 3.47. The van der Waals surface area contributed by atoms with Crippen molar-refractivity contribution in [2.75, 3.05) is 5.32 Å². The van der Waals surface area contributed by atoms with Crippen molar-refractivity contribution in [2.24, 2.45) is 0 Å². The van der Waals surface area contributed by atoms with Crippen LogP contribution in [-0.2, 0) is 17.9 Å². The van der Waals surface area contributed by atoms with Gasteiger partial charge < -0.3 is 10.6 Å². The first-order valence-corrected chi connectivity index (χ1v) is 4.79. The predicted octanol–water partition coefficient (Wildman–Crippen LogP) is 1.14. The summed E-state index contributed by atoms with van der Waals surface area (Å²) in [7, 11) is 0. The third kappa shape index (κ3) is 2.14. The molecule has 1 aromatic rings. The maximum atomic E-state index is 11.2. The first-order chi connectivity index (χ1) is 7.29. The zero-order valence-electron chi connectivity index (χ0n) is 8.21. The Hall–Kier alpha value is -1.86. The van der Waals surface area contributed by atoms with Gasteiger partial charge in [-0.2, -0.15) is 5.26 Å². The van der Waals surface area contributed by atoms with Crippen molar-refractivity contribution < 1.29 is 4.79 Å². The third-order valence-corrected chi connectivity index (χ3v) is 2.36. The highest BCUT2D eigenvalue weighted by molar-refractivity contribution is 5.92. The molecule has 0 spiro atoms. The zero-order valence-corrected chi connectivity index (χ0v) is 8.21. The quantitative estimate of drug-likeness (QED) is 0.754. The summed E-state index contributed by atoms with van der Waals surface area (Å²) in [6.45, 7) is 1.74. The van der Waals surface area contributed by atoms with Crippen LogP contribution in [0.3, 0.4) is 0 Å². The lowest BCUT2D eigenvalue weighted by atomic mass is 10.1. The van der Waals surface area contributed by atoms with E-state index < -0.39 is 0 Å². The van der Waals surface area contributed by atoms with Crippen molar-refractivity contribution in [3.63, 3.8) is 0 Å². The van der Waals surface area contributed by atoms with Gasteiger partial charge in [0, 0.05) is 18.8 Å². The number of nitrogens with zero attached hydrogens (tertiary/aromatic N) is 1. The fraction of sp³-hybridized carbons (Fsp3) is 0.273. The highest BCUT2D eigenvalue weighted by Crippen LogP contribution is 2.19. The summed E-state index contributed by atoms with van der Waals surface area (Å²) in [5.74, 6) is -0.261. The summed E-state index contributed by atoms with van der Waals surface area (Å²) in [6, 6.07) is 7.62. The number of nitrogens with one attached hydrogen (secondary N) is 2. The molecular weight excluding hydrogens is 190 g/mol. The van der Waals surface area contributed by atoms with Crippen LogP contribution in [0.15, 0.2) is 18.2 Å². The van der Waals surface area contributed by atoms with E-state index in [0.717, 1.165) is 18.8 Å². The van der Waals surface area contributed by atoms with Gasteiger partial charge in [-0.1, -0.05) is 6.07 Å². The first-order valence-electron chi connectivity index (χ1n) is 4.79. The van der Waals surface area contributed by atoms with Crippen molar-refractivity contribution in [1.29, 1.82) is 5.26 Å². The van der Waals surface area contributed by atoms with Crippen LogP contribution >= 0.6 is 0 Å². The van der Waals surface area contributed by atoms with Gasteiger partial charge >= 0.3 is 0 Å². The van der Waals surface area contributed by atoms with E-state index in [-0.39, 0.29) is 12.3 Å². The van der Waals surface area contributed by atoms with Crippen LogP contribution in [-0.4, -0.2) is 5.91 Å². The van der Waals surface area contributed by atoms with Crippen LogP contribution in [0.2, 0.25) is 0 Å². The number of hydrogen-bond acceptors (Lipinski definition) is 3. The van der Waals surface area contributed by atoms with Crippen LogP contribution in [0, 0.1) is 11.3 Å². The topological polar surface area (TPSA) is 64.9 Å². The van der Waals surface area contributed by atoms with Gasteiger partial charge in [-0.15, -0.1) is 0 Å². The summed E-state index contributed by atoms with van der Waals surface area (Å²) in [5, 5.41) is 14.3. The van der Waals surface area contributed by atoms with Crippen molar-refractivity contribution in [1.82, 2.24) is 5.32 Å². The summed E-state index contributed by atoms with van der Waals surface area (Å²) in [5.41, 5.74) is 3.25. The summed E-state index contributed by atoms with van der Waals surface area (Å²) < 4.78 is 0. The fourth-order valence-corrected chi connectivity index (χ4v) is 1.65. The normalized spacial score (nSPS) is 13.0. The zero-order chi connectivity index (χ0) is 10.7. The molecule has 0 aromatic heterocycles. The molecule has 4 nitrogen and oxygen atoms in total. The van der Waals surface area contributed by atoms with Gasteiger partial charge in [0.2, 0.25) is 5.91 Å². The summed E-state index contributed by atoms with van der Waals surface area (Å²) in [4.78, 5) is 11.2. The molecule has 0 bridgehead atoms. The van der Waals surface area contributed by atoms with Crippen molar-refractivity contribution in [3.05, 3.63) is 29.3 Å². The molecule has 1 heterocycles. The predicted molar refractivity (Wildman–Crippen MR) is 55.8 cm³/mol. The molecule has 0 radical (unpaired) electrons. The fourth-order valence-electron chi connectivity index (χ4n) is 1.65. The van der Waals surface area contributed by atoms with E-state index in [4.69, 9.17) is 5.26 Å². The van der Waals surface area contributed by atoms with Crippen molar-refractivity contribution in [3.8, 4) is 6.07 Å². The summed E-state index contributed by atoms with van der Waals surface area (Å²) in [6.07, 6.45) is -0.102. The van der Waals surface area contributed by atoms with E-state index in [0.29, 0.717) is 0 Å². The number of anilines is 1. The lowest BCUT2D eigenvalue weighted by Crippen LogP contribution is -2.10. The molecule has 15 heavy (non-hydrogen) atoms. The Morgan fingerprint density at radius 1 is 1.47 bits per heavy atom. The SMILES string of the molecule is N#CCC(=O)Nc1ccc2c(c1)CNC2. The number of carbonyl (C=O) groups is 1. The van der Waals surface area contributed by atoms with E-state index in [1.165, 1.54) is 11.1 Å². The standard InChI is InChI=1S/C11H11N3O/c12-4-3-11(15)14-10-2-1-8-6-13-7-9(8)5-10/h1-2,5,13H,3,6-7H2,(H,14,15). The number of fused-ring (bicyclic) bond motifs is 1. The second kappa shape index (κ2) is 4.11. The van der Waals surface area contributed by atoms with Crippen LogP contribution in [0.4, 0.5) is 5.69 Å². The highest BCUT2D eigenvalue weighted by atomic mass is 16.1. The van der Waals surface area contributed by atoms with E-state index in [2.05, 4.69) is 10.6 Å². The molecule has 0 atom stereocenters. The van der Waals surface area contributed by atoms with Crippen LogP contribution in [0.25, 0.3) is 0 Å². The second-order valence-electron chi connectivity index (χ2n) is 3.47. The summed E-state index contributed by atoms with van der Waals surface area (Å²) >= 11 is 0. The minimum atomic E-state index is -0.261. The van der Waals surface area contributed by atoms with Gasteiger partial charge in [0.05, 0.1) is 6.07 Å².